The van der Waals surface area contributed by atoms with Crippen LogP contribution in [0.15, 0.2) is 11.5 Å². The fraction of sp³-hybridized carbons (Fsp3) is 0.727. The zero-order chi connectivity index (χ0) is 14.4. The van der Waals surface area contributed by atoms with Gasteiger partial charge >= 0.3 is 6.09 Å². The molecule has 0 aliphatic rings. The fourth-order valence-corrected chi connectivity index (χ4v) is 1.79. The highest BCUT2D eigenvalue weighted by atomic mass is 32.2. The second kappa shape index (κ2) is 6.75. The van der Waals surface area contributed by atoms with E-state index >= 15 is 0 Å². The highest BCUT2D eigenvalue weighted by Crippen LogP contribution is 2.07. The predicted molar refractivity (Wildman–Crippen MR) is 68.5 cm³/mol. The summed E-state index contributed by atoms with van der Waals surface area (Å²) in [5.74, 6) is 0. The number of hydrogen-bond acceptors (Lipinski definition) is 5. The molecule has 18 heavy (non-hydrogen) atoms. The number of amides is 1. The SMILES string of the molecule is CCOS(=O)(=O)/C=C/C(C)NC(=O)OC(C)(C)C. The van der Waals surface area contributed by atoms with Crippen molar-refractivity contribution in [3.05, 3.63) is 11.5 Å². The van der Waals surface area contributed by atoms with Gasteiger partial charge in [-0.25, -0.2) is 4.79 Å². The van der Waals surface area contributed by atoms with Gasteiger partial charge in [-0.05, 0) is 40.7 Å². The molecule has 1 atom stereocenters. The molecule has 106 valence electrons. The van der Waals surface area contributed by atoms with Crippen LogP contribution in [0.2, 0.25) is 0 Å². The fourth-order valence-electron chi connectivity index (χ4n) is 0.959. The molecule has 6 nitrogen and oxygen atoms in total. The summed E-state index contributed by atoms with van der Waals surface area (Å²) >= 11 is 0. The Morgan fingerprint density at radius 2 is 1.94 bits per heavy atom. The van der Waals surface area contributed by atoms with Crippen LogP contribution in [0.3, 0.4) is 0 Å². The third-order valence-electron chi connectivity index (χ3n) is 1.56. The molecule has 0 aromatic heterocycles. The van der Waals surface area contributed by atoms with Gasteiger partial charge in [0, 0.05) is 6.04 Å². The molecule has 0 aliphatic carbocycles. The number of hydrogen-bond donors (Lipinski definition) is 1. The van der Waals surface area contributed by atoms with Crippen LogP contribution in [-0.2, 0) is 19.0 Å². The van der Waals surface area contributed by atoms with E-state index in [1.54, 1.807) is 34.6 Å². The molecule has 0 heterocycles. The minimum atomic E-state index is -3.67. The number of nitrogens with one attached hydrogen (secondary N) is 1. The molecule has 0 radical (unpaired) electrons. The van der Waals surface area contributed by atoms with Crippen molar-refractivity contribution in [1.29, 1.82) is 0 Å². The van der Waals surface area contributed by atoms with Gasteiger partial charge in [0.2, 0.25) is 0 Å². The lowest BCUT2D eigenvalue weighted by Gasteiger charge is -2.20. The average molecular weight is 279 g/mol. The lowest BCUT2D eigenvalue weighted by atomic mass is 10.2. The third kappa shape index (κ3) is 9.00. The largest absolute Gasteiger partial charge is 0.444 e. The molecule has 0 spiro atoms. The number of carbonyl (C=O) groups is 1. The van der Waals surface area contributed by atoms with Crippen LogP contribution < -0.4 is 5.32 Å². The van der Waals surface area contributed by atoms with E-state index in [1.165, 1.54) is 6.08 Å². The van der Waals surface area contributed by atoms with E-state index in [1.807, 2.05) is 0 Å². The van der Waals surface area contributed by atoms with Crippen LogP contribution in [-0.4, -0.2) is 32.8 Å². The van der Waals surface area contributed by atoms with Gasteiger partial charge in [-0.1, -0.05) is 0 Å². The van der Waals surface area contributed by atoms with Gasteiger partial charge in [0.1, 0.15) is 5.60 Å². The van der Waals surface area contributed by atoms with Crippen molar-refractivity contribution in [1.82, 2.24) is 5.32 Å². The Labute approximate surface area is 108 Å². The maximum absolute atomic E-state index is 11.4. The molecule has 7 heteroatoms. The monoisotopic (exact) mass is 279 g/mol. The van der Waals surface area contributed by atoms with Crippen LogP contribution in [0, 0.1) is 0 Å². The van der Waals surface area contributed by atoms with Crippen LogP contribution >= 0.6 is 0 Å². The Morgan fingerprint density at radius 3 is 2.39 bits per heavy atom. The molecule has 0 rings (SSSR count). The summed E-state index contributed by atoms with van der Waals surface area (Å²) in [7, 11) is -3.67. The molecule has 0 aromatic carbocycles. The predicted octanol–water partition coefficient (Wildman–Crippen LogP) is 1.78. The molecule has 0 aliphatic heterocycles. The van der Waals surface area contributed by atoms with Gasteiger partial charge in [0.05, 0.1) is 12.0 Å². The summed E-state index contributed by atoms with van der Waals surface area (Å²) in [6.07, 6.45) is 0.711. The van der Waals surface area contributed by atoms with Gasteiger partial charge < -0.3 is 10.1 Å². The lowest BCUT2D eigenvalue weighted by molar-refractivity contribution is 0.0518. The molecule has 1 N–H and O–H groups in total. The van der Waals surface area contributed by atoms with E-state index in [-0.39, 0.29) is 6.61 Å². The molecular weight excluding hydrogens is 258 g/mol. The normalized spacial score (nSPS) is 14.5. The van der Waals surface area contributed by atoms with Crippen molar-refractivity contribution in [3.8, 4) is 0 Å². The maximum Gasteiger partial charge on any atom is 0.408 e. The van der Waals surface area contributed by atoms with Crippen LogP contribution in [0.5, 0.6) is 0 Å². The van der Waals surface area contributed by atoms with E-state index in [4.69, 9.17) is 4.74 Å². The summed E-state index contributed by atoms with van der Waals surface area (Å²) in [6, 6.07) is -0.477. The van der Waals surface area contributed by atoms with Crippen LogP contribution in [0.1, 0.15) is 34.6 Å². The van der Waals surface area contributed by atoms with E-state index in [9.17, 15) is 13.2 Å². The summed E-state index contributed by atoms with van der Waals surface area (Å²) in [4.78, 5) is 11.4. The molecule has 0 saturated heterocycles. The minimum Gasteiger partial charge on any atom is -0.444 e. The lowest BCUT2D eigenvalue weighted by Crippen LogP contribution is -2.36. The Balaban J connectivity index is 4.32. The quantitative estimate of drug-likeness (QED) is 0.776. The van der Waals surface area contributed by atoms with E-state index in [0.29, 0.717) is 0 Å². The maximum atomic E-state index is 11.4. The highest BCUT2D eigenvalue weighted by molar-refractivity contribution is 7.89. The van der Waals surface area contributed by atoms with Gasteiger partial charge in [0.25, 0.3) is 10.1 Å². The third-order valence-corrected chi connectivity index (χ3v) is 2.62. The first-order chi connectivity index (χ1) is 8.06. The number of carbonyl (C=O) groups excluding carboxylic acids is 1. The first-order valence-electron chi connectivity index (χ1n) is 5.63. The summed E-state index contributed by atoms with van der Waals surface area (Å²) in [5, 5.41) is 3.40. The van der Waals surface area contributed by atoms with E-state index < -0.39 is 27.9 Å². The topological polar surface area (TPSA) is 81.7 Å². The highest BCUT2D eigenvalue weighted by Gasteiger charge is 2.17. The standard InChI is InChI=1S/C11H21NO5S/c1-6-16-18(14,15)8-7-9(2)12-10(13)17-11(3,4)5/h7-9H,6H2,1-5H3,(H,12,13)/b8-7+. The van der Waals surface area contributed by atoms with Crippen molar-refractivity contribution in [3.63, 3.8) is 0 Å². The van der Waals surface area contributed by atoms with Crippen molar-refractivity contribution in [2.45, 2.75) is 46.3 Å². The van der Waals surface area contributed by atoms with Crippen molar-refractivity contribution in [2.75, 3.05) is 6.61 Å². The zero-order valence-electron chi connectivity index (χ0n) is 11.4. The summed E-state index contributed by atoms with van der Waals surface area (Å²) < 4.78 is 31.9. The van der Waals surface area contributed by atoms with Gasteiger partial charge in [-0.3, -0.25) is 4.18 Å². The Hall–Kier alpha value is -1.08. The first-order valence-corrected chi connectivity index (χ1v) is 7.10. The van der Waals surface area contributed by atoms with Gasteiger partial charge in [-0.15, -0.1) is 0 Å². The molecule has 0 fully saturated rings. The Morgan fingerprint density at radius 1 is 1.39 bits per heavy atom. The number of ether oxygens (including phenoxy) is 1. The second-order valence-corrected chi connectivity index (χ2v) is 6.16. The molecule has 1 amide bonds. The molecule has 0 aromatic rings. The van der Waals surface area contributed by atoms with Gasteiger partial charge in [0.15, 0.2) is 0 Å². The molecule has 1 unspecified atom stereocenters. The summed E-state index contributed by atoms with van der Waals surface area (Å²) in [5.41, 5.74) is -0.592. The average Bonchev–Trinajstić information content (AvgIpc) is 2.11. The molecule has 0 saturated carbocycles. The Bertz CT molecular complexity index is 394. The zero-order valence-corrected chi connectivity index (χ0v) is 12.2. The smallest absolute Gasteiger partial charge is 0.408 e. The minimum absolute atomic E-state index is 0.0700. The van der Waals surface area contributed by atoms with E-state index in [2.05, 4.69) is 9.50 Å². The molecular formula is C11H21NO5S. The summed E-state index contributed by atoms with van der Waals surface area (Å²) in [6.45, 7) is 8.50. The van der Waals surface area contributed by atoms with Crippen LogP contribution in [0.25, 0.3) is 0 Å². The number of alkyl carbamates (subject to hydrolysis) is 1. The molecule has 0 bridgehead atoms. The Kier molecular flexibility index (Phi) is 6.34. The van der Waals surface area contributed by atoms with Crippen molar-refractivity contribution >= 4 is 16.2 Å². The van der Waals surface area contributed by atoms with Crippen LogP contribution in [0.4, 0.5) is 4.79 Å². The first kappa shape index (κ1) is 16.9. The second-order valence-electron chi connectivity index (χ2n) is 4.66. The van der Waals surface area contributed by atoms with E-state index in [0.717, 1.165) is 5.41 Å². The van der Waals surface area contributed by atoms with Crippen molar-refractivity contribution in [2.24, 2.45) is 0 Å². The number of rotatable bonds is 5. The van der Waals surface area contributed by atoms with Gasteiger partial charge in [-0.2, -0.15) is 8.42 Å². The van der Waals surface area contributed by atoms with Crippen molar-refractivity contribution < 1.29 is 22.1 Å².